The van der Waals surface area contributed by atoms with Gasteiger partial charge < -0.3 is 5.11 Å². The molecule has 2 atom stereocenters. The van der Waals surface area contributed by atoms with E-state index in [0.29, 0.717) is 0 Å². The lowest BCUT2D eigenvalue weighted by Gasteiger charge is -2.27. The van der Waals surface area contributed by atoms with Gasteiger partial charge in [0.15, 0.2) is 0 Å². The van der Waals surface area contributed by atoms with Crippen molar-refractivity contribution in [2.24, 2.45) is 0 Å². The monoisotopic (exact) mass is 301 g/mol. The number of pyridine rings is 1. The molecule has 1 aliphatic carbocycles. The van der Waals surface area contributed by atoms with Gasteiger partial charge in [0.25, 0.3) is 0 Å². The molecule has 3 aromatic heterocycles. The largest absolute Gasteiger partial charge is 0.387 e. The molecule has 0 saturated heterocycles. The number of nitrogens with zero attached hydrogens (tertiary/aromatic N) is 1. The highest BCUT2D eigenvalue weighted by molar-refractivity contribution is 7.26. The Labute approximate surface area is 125 Å². The molecule has 3 aromatic rings. The van der Waals surface area contributed by atoms with Crippen LogP contribution in [-0.2, 0) is 6.42 Å². The molecule has 4 heteroatoms. The van der Waals surface area contributed by atoms with Crippen LogP contribution in [-0.4, -0.2) is 10.1 Å². The summed E-state index contributed by atoms with van der Waals surface area (Å²) in [6.07, 6.45) is 4.67. The minimum absolute atomic E-state index is 0.146. The Hall–Kier alpha value is -1.23. The van der Waals surface area contributed by atoms with Crippen molar-refractivity contribution in [1.29, 1.82) is 0 Å². The first kappa shape index (κ1) is 12.5. The summed E-state index contributed by atoms with van der Waals surface area (Å²) in [6, 6.07) is 8.42. The fraction of sp³-hybridized carbons (Fsp3) is 0.312. The Morgan fingerprint density at radius 2 is 2.25 bits per heavy atom. The van der Waals surface area contributed by atoms with Crippen LogP contribution in [0.3, 0.4) is 0 Å². The van der Waals surface area contributed by atoms with E-state index in [1.807, 2.05) is 12.3 Å². The molecule has 2 nitrogen and oxygen atoms in total. The minimum atomic E-state index is -0.423. The van der Waals surface area contributed by atoms with E-state index in [4.69, 9.17) is 0 Å². The normalized spacial score (nSPS) is 19.9. The van der Waals surface area contributed by atoms with E-state index in [-0.39, 0.29) is 5.92 Å². The van der Waals surface area contributed by atoms with E-state index in [9.17, 15) is 5.11 Å². The molecule has 0 bridgehead atoms. The Balaban J connectivity index is 1.72. The molecular formula is C16H15NOS2. The summed E-state index contributed by atoms with van der Waals surface area (Å²) in [6.45, 7) is 0. The Morgan fingerprint density at radius 1 is 1.30 bits per heavy atom. The average Bonchev–Trinajstić information content (AvgIpc) is 3.07. The molecule has 102 valence electrons. The number of aliphatic hydroxyl groups excluding tert-OH is 1. The number of thiophene rings is 2. The zero-order valence-corrected chi connectivity index (χ0v) is 12.6. The van der Waals surface area contributed by atoms with Gasteiger partial charge in [0, 0.05) is 32.1 Å². The molecule has 3 heterocycles. The second-order valence-electron chi connectivity index (χ2n) is 5.29. The highest BCUT2D eigenvalue weighted by Gasteiger charge is 2.29. The number of aliphatic hydroxyl groups is 1. The third kappa shape index (κ3) is 1.99. The summed E-state index contributed by atoms with van der Waals surface area (Å²) >= 11 is 3.45. The van der Waals surface area contributed by atoms with Crippen molar-refractivity contribution in [1.82, 2.24) is 4.98 Å². The van der Waals surface area contributed by atoms with Crippen LogP contribution in [0.1, 0.15) is 41.0 Å². The lowest BCUT2D eigenvalue weighted by atomic mass is 9.83. The molecule has 0 radical (unpaired) electrons. The van der Waals surface area contributed by atoms with E-state index in [0.717, 1.165) is 29.8 Å². The molecule has 0 saturated carbocycles. The van der Waals surface area contributed by atoms with Crippen LogP contribution in [0.2, 0.25) is 0 Å². The van der Waals surface area contributed by atoms with Crippen LogP contribution in [0.5, 0.6) is 0 Å². The quantitative estimate of drug-likeness (QED) is 0.755. The fourth-order valence-corrected chi connectivity index (χ4v) is 5.25. The maximum atomic E-state index is 10.8. The van der Waals surface area contributed by atoms with Gasteiger partial charge in [-0.2, -0.15) is 0 Å². The van der Waals surface area contributed by atoms with Gasteiger partial charge in [-0.05, 0) is 48.4 Å². The Kier molecular flexibility index (Phi) is 3.10. The van der Waals surface area contributed by atoms with E-state index in [1.165, 1.54) is 15.0 Å². The van der Waals surface area contributed by atoms with Gasteiger partial charge in [0.1, 0.15) is 0 Å². The van der Waals surface area contributed by atoms with Crippen LogP contribution in [0, 0.1) is 0 Å². The Bertz CT molecular complexity index is 717. The van der Waals surface area contributed by atoms with Crippen molar-refractivity contribution >= 4 is 32.1 Å². The lowest BCUT2D eigenvalue weighted by molar-refractivity contribution is 0.137. The number of rotatable bonds is 2. The van der Waals surface area contributed by atoms with Crippen molar-refractivity contribution in [2.45, 2.75) is 31.3 Å². The molecule has 20 heavy (non-hydrogen) atoms. The summed E-state index contributed by atoms with van der Waals surface area (Å²) in [5.74, 6) is 0.146. The van der Waals surface area contributed by atoms with Crippen LogP contribution >= 0.6 is 22.7 Å². The highest BCUT2D eigenvalue weighted by atomic mass is 32.1. The van der Waals surface area contributed by atoms with Gasteiger partial charge in [-0.3, -0.25) is 4.98 Å². The molecule has 1 aliphatic rings. The SMILES string of the molecule is OC(c1cc2sccc2s1)C1CCCc2cccnc21. The van der Waals surface area contributed by atoms with Gasteiger partial charge in [-0.1, -0.05) is 6.07 Å². The summed E-state index contributed by atoms with van der Waals surface area (Å²) in [7, 11) is 0. The Morgan fingerprint density at radius 3 is 3.15 bits per heavy atom. The fourth-order valence-electron chi connectivity index (χ4n) is 3.08. The minimum Gasteiger partial charge on any atom is -0.387 e. The topological polar surface area (TPSA) is 33.1 Å². The predicted octanol–water partition coefficient (Wildman–Crippen LogP) is 4.51. The summed E-state index contributed by atoms with van der Waals surface area (Å²) in [5, 5.41) is 12.9. The number of aromatic nitrogens is 1. The number of hydrogen-bond acceptors (Lipinski definition) is 4. The first-order chi connectivity index (χ1) is 9.83. The number of aryl methyl sites for hydroxylation is 1. The standard InChI is InChI=1S/C16H15NOS2/c18-16(14-9-13-12(20-14)6-8-19-13)11-5-1-3-10-4-2-7-17-15(10)11/h2,4,6-9,11,16,18H,1,3,5H2. The van der Waals surface area contributed by atoms with Gasteiger partial charge in [0.2, 0.25) is 0 Å². The van der Waals surface area contributed by atoms with Gasteiger partial charge >= 0.3 is 0 Å². The molecule has 0 aliphatic heterocycles. The lowest BCUT2D eigenvalue weighted by Crippen LogP contribution is -2.17. The van der Waals surface area contributed by atoms with Crippen LogP contribution < -0.4 is 0 Å². The van der Waals surface area contributed by atoms with Gasteiger partial charge in [-0.25, -0.2) is 0 Å². The van der Waals surface area contributed by atoms with Crippen LogP contribution in [0.15, 0.2) is 35.8 Å². The molecule has 0 aromatic carbocycles. The van der Waals surface area contributed by atoms with E-state index >= 15 is 0 Å². The number of hydrogen-bond donors (Lipinski definition) is 1. The zero-order valence-electron chi connectivity index (χ0n) is 11.0. The molecule has 0 fully saturated rings. The van der Waals surface area contributed by atoms with Crippen molar-refractivity contribution < 1.29 is 5.11 Å². The second kappa shape index (κ2) is 4.95. The molecule has 0 spiro atoms. The van der Waals surface area contributed by atoms with Crippen molar-refractivity contribution in [3.05, 3.63) is 52.0 Å². The maximum absolute atomic E-state index is 10.8. The third-order valence-corrected chi connectivity index (χ3v) is 6.23. The maximum Gasteiger partial charge on any atom is 0.0966 e. The van der Waals surface area contributed by atoms with Crippen molar-refractivity contribution in [3.63, 3.8) is 0 Å². The third-order valence-electron chi connectivity index (χ3n) is 4.07. The molecule has 2 unspecified atom stereocenters. The molecular weight excluding hydrogens is 286 g/mol. The first-order valence-electron chi connectivity index (χ1n) is 6.92. The van der Waals surface area contributed by atoms with E-state index in [1.54, 1.807) is 22.7 Å². The van der Waals surface area contributed by atoms with Crippen molar-refractivity contribution in [2.75, 3.05) is 0 Å². The van der Waals surface area contributed by atoms with Gasteiger partial charge in [0.05, 0.1) is 6.10 Å². The molecule has 0 amide bonds. The number of fused-ring (bicyclic) bond motifs is 2. The van der Waals surface area contributed by atoms with Crippen LogP contribution in [0.25, 0.3) is 9.40 Å². The van der Waals surface area contributed by atoms with E-state index in [2.05, 4.69) is 28.6 Å². The van der Waals surface area contributed by atoms with Crippen LogP contribution in [0.4, 0.5) is 0 Å². The first-order valence-corrected chi connectivity index (χ1v) is 8.61. The summed E-state index contributed by atoms with van der Waals surface area (Å²) in [4.78, 5) is 5.62. The van der Waals surface area contributed by atoms with Crippen molar-refractivity contribution in [3.8, 4) is 0 Å². The van der Waals surface area contributed by atoms with E-state index < -0.39 is 6.10 Å². The summed E-state index contributed by atoms with van der Waals surface area (Å²) < 4.78 is 2.56. The average molecular weight is 301 g/mol. The molecule has 1 N–H and O–H groups in total. The highest BCUT2D eigenvalue weighted by Crippen LogP contribution is 2.43. The smallest absolute Gasteiger partial charge is 0.0966 e. The second-order valence-corrected chi connectivity index (χ2v) is 7.35. The van der Waals surface area contributed by atoms with Gasteiger partial charge in [-0.15, -0.1) is 22.7 Å². The zero-order chi connectivity index (χ0) is 13.5. The molecule has 4 rings (SSSR count). The predicted molar refractivity (Wildman–Crippen MR) is 84.6 cm³/mol. The summed E-state index contributed by atoms with van der Waals surface area (Å²) in [5.41, 5.74) is 2.41.